The third kappa shape index (κ3) is 5.94. The maximum atomic E-state index is 12.5. The van der Waals surface area contributed by atoms with Crippen LogP contribution >= 0.6 is 0 Å². The molecular weight excluding hydrogens is 460 g/mol. The minimum atomic E-state index is -1.10. The van der Waals surface area contributed by atoms with Gasteiger partial charge in [-0.1, -0.05) is 61.2 Å². The zero-order valence-corrected chi connectivity index (χ0v) is 20.2. The summed E-state index contributed by atoms with van der Waals surface area (Å²) in [5, 5.41) is 15.3. The Morgan fingerprint density at radius 1 is 1.06 bits per heavy atom. The fourth-order valence-electron chi connectivity index (χ4n) is 5.08. The van der Waals surface area contributed by atoms with Gasteiger partial charge in [-0.3, -0.25) is 4.79 Å². The maximum Gasteiger partial charge on any atom is 0.407 e. The van der Waals surface area contributed by atoms with Gasteiger partial charge in [0.15, 0.2) is 0 Å². The van der Waals surface area contributed by atoms with Crippen molar-refractivity contribution in [3.63, 3.8) is 0 Å². The molecule has 1 unspecified atom stereocenters. The molecule has 1 heterocycles. The molecule has 3 atom stereocenters. The van der Waals surface area contributed by atoms with Gasteiger partial charge >= 0.3 is 18.0 Å². The molecule has 36 heavy (non-hydrogen) atoms. The average molecular weight is 493 g/mol. The Morgan fingerprint density at radius 3 is 2.36 bits per heavy atom. The summed E-state index contributed by atoms with van der Waals surface area (Å²) >= 11 is 0. The first-order valence-electron chi connectivity index (χ1n) is 12.4. The highest BCUT2D eigenvalue weighted by molar-refractivity contribution is 5.81. The number of amides is 1. The number of carbonyl (C=O) groups excluding carboxylic acids is 2. The number of carbonyl (C=O) groups is 3. The van der Waals surface area contributed by atoms with Crippen molar-refractivity contribution in [3.05, 3.63) is 72.3 Å². The first-order valence-corrected chi connectivity index (χ1v) is 12.4. The minimum absolute atomic E-state index is 0.0917. The van der Waals surface area contributed by atoms with Crippen LogP contribution in [0.25, 0.3) is 11.1 Å². The lowest BCUT2D eigenvalue weighted by Gasteiger charge is -2.18. The number of benzene rings is 2. The van der Waals surface area contributed by atoms with Crippen molar-refractivity contribution >= 4 is 18.0 Å². The van der Waals surface area contributed by atoms with E-state index in [0.29, 0.717) is 19.3 Å². The molecule has 1 saturated heterocycles. The second-order valence-corrected chi connectivity index (χ2v) is 9.20. The fraction of sp³-hybridized carbons (Fsp3) is 0.393. The van der Waals surface area contributed by atoms with Crippen LogP contribution in [-0.4, -0.2) is 54.5 Å². The Balaban J connectivity index is 1.24. The quantitative estimate of drug-likeness (QED) is 0.321. The SMILES string of the molecule is C=CCOC(=O)[C@@H]1CCC(CCC[C@H](NC(=O)OCC2c3ccccc3-c3ccccc32)C(=O)O)N1. The van der Waals surface area contributed by atoms with Crippen molar-refractivity contribution in [3.8, 4) is 11.1 Å². The molecule has 1 fully saturated rings. The van der Waals surface area contributed by atoms with E-state index in [1.807, 2.05) is 36.4 Å². The lowest BCUT2D eigenvalue weighted by atomic mass is 9.98. The van der Waals surface area contributed by atoms with Gasteiger partial charge in [0, 0.05) is 12.0 Å². The van der Waals surface area contributed by atoms with Gasteiger partial charge in [-0.2, -0.15) is 0 Å². The standard InChI is InChI=1S/C28H32N2O6/c1-2-16-35-27(33)25-15-14-18(29-25)8-7-13-24(26(31)32)30-28(34)36-17-23-21-11-5-3-9-19(21)20-10-4-6-12-22(20)23/h2-6,9-12,18,23-25,29H,1,7-8,13-17H2,(H,30,34)(H,31,32)/t18?,24-,25-/m0/s1. The highest BCUT2D eigenvalue weighted by Crippen LogP contribution is 2.44. The number of nitrogens with one attached hydrogen (secondary N) is 2. The van der Waals surface area contributed by atoms with Crippen LogP contribution in [0.2, 0.25) is 0 Å². The van der Waals surface area contributed by atoms with E-state index in [2.05, 4.69) is 29.3 Å². The number of rotatable bonds is 11. The van der Waals surface area contributed by atoms with E-state index in [1.54, 1.807) is 0 Å². The van der Waals surface area contributed by atoms with Gasteiger partial charge in [0.2, 0.25) is 0 Å². The van der Waals surface area contributed by atoms with Gasteiger partial charge < -0.3 is 25.2 Å². The van der Waals surface area contributed by atoms with Gasteiger partial charge in [0.1, 0.15) is 25.3 Å². The summed E-state index contributed by atoms with van der Waals surface area (Å²) in [5.41, 5.74) is 4.44. The largest absolute Gasteiger partial charge is 0.480 e. The third-order valence-corrected chi connectivity index (χ3v) is 6.85. The highest BCUT2D eigenvalue weighted by Gasteiger charge is 2.31. The molecule has 0 spiro atoms. The third-order valence-electron chi connectivity index (χ3n) is 6.85. The predicted molar refractivity (Wildman–Crippen MR) is 135 cm³/mol. The van der Waals surface area contributed by atoms with E-state index < -0.39 is 18.1 Å². The van der Waals surface area contributed by atoms with Crippen LogP contribution in [0.4, 0.5) is 4.79 Å². The molecule has 4 rings (SSSR count). The number of carboxylic acid groups (broad SMARTS) is 1. The summed E-state index contributed by atoms with van der Waals surface area (Å²) < 4.78 is 10.6. The second-order valence-electron chi connectivity index (χ2n) is 9.20. The zero-order valence-electron chi connectivity index (χ0n) is 20.2. The van der Waals surface area contributed by atoms with E-state index in [1.165, 1.54) is 6.08 Å². The molecule has 0 radical (unpaired) electrons. The molecule has 2 aliphatic rings. The van der Waals surface area contributed by atoms with Crippen LogP contribution in [0.5, 0.6) is 0 Å². The Morgan fingerprint density at radius 2 is 1.72 bits per heavy atom. The van der Waals surface area contributed by atoms with E-state index in [4.69, 9.17) is 9.47 Å². The van der Waals surface area contributed by atoms with E-state index >= 15 is 0 Å². The molecule has 2 aromatic carbocycles. The Kier molecular flexibility index (Phi) is 8.38. The van der Waals surface area contributed by atoms with Crippen LogP contribution in [0.1, 0.15) is 49.1 Å². The fourth-order valence-corrected chi connectivity index (χ4v) is 5.08. The number of carboxylic acids is 1. The topological polar surface area (TPSA) is 114 Å². The second kappa shape index (κ2) is 11.9. The van der Waals surface area contributed by atoms with Crippen molar-refractivity contribution in [2.75, 3.05) is 13.2 Å². The van der Waals surface area contributed by atoms with Crippen molar-refractivity contribution < 1.29 is 29.0 Å². The molecule has 0 saturated carbocycles. The summed E-state index contributed by atoms with van der Waals surface area (Å²) in [4.78, 5) is 36.2. The molecule has 8 nitrogen and oxygen atoms in total. The normalized spacial score (nSPS) is 19.1. The average Bonchev–Trinajstić information content (AvgIpc) is 3.48. The number of ether oxygens (including phenoxy) is 2. The number of hydrogen-bond acceptors (Lipinski definition) is 6. The maximum absolute atomic E-state index is 12.5. The molecule has 0 aromatic heterocycles. The van der Waals surface area contributed by atoms with Crippen molar-refractivity contribution in [2.45, 2.75) is 56.1 Å². The number of alkyl carbamates (subject to hydrolysis) is 1. The molecular formula is C28H32N2O6. The van der Waals surface area contributed by atoms with Crippen LogP contribution in [0.15, 0.2) is 61.2 Å². The minimum Gasteiger partial charge on any atom is -0.480 e. The smallest absolute Gasteiger partial charge is 0.407 e. The predicted octanol–water partition coefficient (Wildman–Crippen LogP) is 4.00. The first kappa shape index (κ1) is 25.4. The van der Waals surface area contributed by atoms with Crippen LogP contribution < -0.4 is 10.6 Å². The summed E-state index contributed by atoms with van der Waals surface area (Å²) in [5.74, 6) is -1.49. The molecule has 2 aromatic rings. The van der Waals surface area contributed by atoms with Gasteiger partial charge in [-0.15, -0.1) is 0 Å². The van der Waals surface area contributed by atoms with Crippen LogP contribution in [-0.2, 0) is 19.1 Å². The molecule has 3 N–H and O–H groups in total. The lowest BCUT2D eigenvalue weighted by molar-refractivity contribution is -0.144. The summed E-state index contributed by atoms with van der Waals surface area (Å²) in [7, 11) is 0. The molecule has 1 aliphatic heterocycles. The van der Waals surface area contributed by atoms with E-state index in [9.17, 15) is 19.5 Å². The van der Waals surface area contributed by atoms with Gasteiger partial charge in [-0.05, 0) is 54.4 Å². The Labute approximate surface area is 210 Å². The van der Waals surface area contributed by atoms with Crippen molar-refractivity contribution in [2.24, 2.45) is 0 Å². The summed E-state index contributed by atoms with van der Waals surface area (Å²) in [6.07, 6.45) is 3.82. The Hall–Kier alpha value is -3.65. The number of hydrogen-bond donors (Lipinski definition) is 3. The number of esters is 1. The summed E-state index contributed by atoms with van der Waals surface area (Å²) in [6, 6.07) is 14.8. The van der Waals surface area contributed by atoms with E-state index in [-0.39, 0.29) is 43.6 Å². The molecule has 190 valence electrons. The molecule has 8 heteroatoms. The van der Waals surface area contributed by atoms with Gasteiger partial charge in [-0.25, -0.2) is 9.59 Å². The number of fused-ring (bicyclic) bond motifs is 3. The summed E-state index contributed by atoms with van der Waals surface area (Å²) in [6.45, 7) is 3.84. The van der Waals surface area contributed by atoms with Gasteiger partial charge in [0.05, 0.1) is 0 Å². The van der Waals surface area contributed by atoms with Gasteiger partial charge in [0.25, 0.3) is 0 Å². The van der Waals surface area contributed by atoms with Crippen molar-refractivity contribution in [1.82, 2.24) is 10.6 Å². The highest BCUT2D eigenvalue weighted by atomic mass is 16.5. The monoisotopic (exact) mass is 492 g/mol. The van der Waals surface area contributed by atoms with Crippen molar-refractivity contribution in [1.29, 1.82) is 0 Å². The molecule has 1 amide bonds. The lowest BCUT2D eigenvalue weighted by Crippen LogP contribution is -2.41. The Bertz CT molecular complexity index is 1070. The molecule has 1 aliphatic carbocycles. The van der Waals surface area contributed by atoms with E-state index in [0.717, 1.165) is 28.7 Å². The first-order chi connectivity index (χ1) is 17.5. The molecule has 0 bridgehead atoms. The van der Waals surface area contributed by atoms with Crippen LogP contribution in [0, 0.1) is 0 Å². The number of aliphatic carboxylic acids is 1. The zero-order chi connectivity index (χ0) is 25.5. The van der Waals surface area contributed by atoms with Crippen LogP contribution in [0.3, 0.4) is 0 Å².